The summed E-state index contributed by atoms with van der Waals surface area (Å²) in [6, 6.07) is 13.2. The van der Waals surface area contributed by atoms with Gasteiger partial charge in [0.05, 0.1) is 24.2 Å². The summed E-state index contributed by atoms with van der Waals surface area (Å²) in [6.07, 6.45) is -1.08. The summed E-state index contributed by atoms with van der Waals surface area (Å²) < 4.78 is 11.8. The number of hydrogen-bond acceptors (Lipinski definition) is 6. The molecule has 3 aromatic rings. The van der Waals surface area contributed by atoms with Gasteiger partial charge >= 0.3 is 0 Å². The number of pyridine rings is 1. The van der Waals surface area contributed by atoms with Crippen molar-refractivity contribution in [3.8, 4) is 23.4 Å². The monoisotopic (exact) mass is 486 g/mol. The molecule has 0 aliphatic rings. The summed E-state index contributed by atoms with van der Waals surface area (Å²) in [6.45, 7) is 2.87. The number of hydrogen-bond donors (Lipinski definition) is 1. The molecule has 1 N–H and O–H groups in total. The van der Waals surface area contributed by atoms with Gasteiger partial charge in [-0.05, 0) is 55.3 Å². The molecule has 3 rings (SSSR count). The maximum Gasteiger partial charge on any atom is 0.271 e. The van der Waals surface area contributed by atoms with Crippen LogP contribution < -0.4 is 15.0 Å². The van der Waals surface area contributed by atoms with Gasteiger partial charge in [-0.2, -0.15) is 5.26 Å². The number of carbonyl (C=O) groups excluding carboxylic acids is 1. The van der Waals surface area contributed by atoms with Crippen LogP contribution in [0.1, 0.15) is 34.0 Å². The molecule has 0 aliphatic heterocycles. The van der Waals surface area contributed by atoms with Gasteiger partial charge in [-0.3, -0.25) is 14.2 Å². The van der Waals surface area contributed by atoms with Gasteiger partial charge < -0.3 is 14.6 Å². The standard InChI is InChI=1S/C24H20Cl2N2O5/c1-13-18(11-27)23(30)28(12-15-4-7-17(32-3)8-5-15)24(31)21(13)22(29)14(2)33-20-9-6-16(25)10-19(20)26/h4-10,14,31H,12H2,1-3H3. The summed E-state index contributed by atoms with van der Waals surface area (Å²) in [5, 5.41) is 21.1. The van der Waals surface area contributed by atoms with Gasteiger partial charge in [-0.25, -0.2) is 0 Å². The van der Waals surface area contributed by atoms with E-state index in [2.05, 4.69) is 0 Å². The topological polar surface area (TPSA) is 102 Å². The number of nitriles is 1. The Morgan fingerprint density at radius 2 is 1.88 bits per heavy atom. The van der Waals surface area contributed by atoms with E-state index in [0.717, 1.165) is 4.57 Å². The zero-order valence-corrected chi connectivity index (χ0v) is 19.6. The first-order valence-electron chi connectivity index (χ1n) is 9.83. The number of aromatic nitrogens is 1. The fourth-order valence-electron chi connectivity index (χ4n) is 3.32. The van der Waals surface area contributed by atoms with Crippen molar-refractivity contribution < 1.29 is 19.4 Å². The second-order valence-electron chi connectivity index (χ2n) is 7.25. The van der Waals surface area contributed by atoms with Crippen LogP contribution in [0.2, 0.25) is 10.0 Å². The number of aromatic hydroxyl groups is 1. The number of halogens is 2. The molecule has 0 spiro atoms. The molecule has 0 fully saturated rings. The van der Waals surface area contributed by atoms with Crippen LogP contribution in [0, 0.1) is 18.3 Å². The van der Waals surface area contributed by atoms with Crippen molar-refractivity contribution in [2.75, 3.05) is 7.11 Å². The zero-order chi connectivity index (χ0) is 24.3. The fraction of sp³-hybridized carbons (Fsp3) is 0.208. The minimum atomic E-state index is -1.08. The number of ether oxygens (including phenoxy) is 2. The highest BCUT2D eigenvalue weighted by molar-refractivity contribution is 6.35. The SMILES string of the molecule is COc1ccc(Cn2c(O)c(C(=O)C(C)Oc3ccc(Cl)cc3Cl)c(C)c(C#N)c2=O)cc1. The lowest BCUT2D eigenvalue weighted by molar-refractivity contribution is 0.0813. The van der Waals surface area contributed by atoms with Gasteiger partial charge in [0.1, 0.15) is 23.1 Å². The van der Waals surface area contributed by atoms with E-state index in [1.54, 1.807) is 30.3 Å². The normalized spacial score (nSPS) is 11.5. The maximum atomic E-state index is 13.2. The molecule has 2 aromatic carbocycles. The molecule has 1 unspecified atom stereocenters. The Bertz CT molecular complexity index is 1310. The average Bonchev–Trinajstić information content (AvgIpc) is 2.79. The van der Waals surface area contributed by atoms with Crippen molar-refractivity contribution in [2.45, 2.75) is 26.5 Å². The Morgan fingerprint density at radius 1 is 1.21 bits per heavy atom. The predicted octanol–water partition coefficient (Wildman–Crippen LogP) is 4.75. The lowest BCUT2D eigenvalue weighted by Crippen LogP contribution is -2.31. The second-order valence-corrected chi connectivity index (χ2v) is 8.09. The van der Waals surface area contributed by atoms with E-state index in [1.807, 2.05) is 6.07 Å². The van der Waals surface area contributed by atoms with E-state index in [1.165, 1.54) is 33.1 Å². The molecule has 1 aromatic heterocycles. The van der Waals surface area contributed by atoms with Crippen molar-refractivity contribution in [3.05, 3.63) is 85.1 Å². The van der Waals surface area contributed by atoms with Crippen molar-refractivity contribution in [2.24, 2.45) is 0 Å². The minimum Gasteiger partial charge on any atom is -0.497 e. The third kappa shape index (κ3) is 4.98. The van der Waals surface area contributed by atoms with Gasteiger partial charge in [0.2, 0.25) is 11.7 Å². The van der Waals surface area contributed by atoms with Gasteiger partial charge in [-0.15, -0.1) is 0 Å². The molecule has 7 nitrogen and oxygen atoms in total. The molecule has 0 amide bonds. The number of carbonyl (C=O) groups is 1. The molecule has 0 bridgehead atoms. The quantitative estimate of drug-likeness (QED) is 0.483. The van der Waals surface area contributed by atoms with Gasteiger partial charge in [0.25, 0.3) is 5.56 Å². The van der Waals surface area contributed by atoms with Crippen molar-refractivity contribution in [1.82, 2.24) is 4.57 Å². The molecular weight excluding hydrogens is 467 g/mol. The number of nitrogens with zero attached hydrogens (tertiary/aromatic N) is 2. The molecule has 33 heavy (non-hydrogen) atoms. The van der Waals surface area contributed by atoms with E-state index in [4.69, 9.17) is 32.7 Å². The molecule has 170 valence electrons. The lowest BCUT2D eigenvalue weighted by atomic mass is 9.99. The zero-order valence-electron chi connectivity index (χ0n) is 18.1. The Morgan fingerprint density at radius 3 is 2.45 bits per heavy atom. The third-order valence-electron chi connectivity index (χ3n) is 5.11. The Hall–Kier alpha value is -3.47. The highest BCUT2D eigenvalue weighted by Crippen LogP contribution is 2.30. The summed E-state index contributed by atoms with van der Waals surface area (Å²) >= 11 is 12.0. The van der Waals surface area contributed by atoms with Crippen LogP contribution in [0.15, 0.2) is 47.3 Å². The van der Waals surface area contributed by atoms with E-state index in [-0.39, 0.29) is 34.0 Å². The molecule has 0 aliphatic carbocycles. The van der Waals surface area contributed by atoms with Crippen LogP contribution >= 0.6 is 23.2 Å². The van der Waals surface area contributed by atoms with Crippen LogP contribution in [0.4, 0.5) is 0 Å². The smallest absolute Gasteiger partial charge is 0.271 e. The van der Waals surface area contributed by atoms with Crippen LogP contribution in [0.25, 0.3) is 0 Å². The number of Topliss-reactive ketones (excluding diaryl/α,β-unsaturated/α-hetero) is 1. The van der Waals surface area contributed by atoms with Gasteiger partial charge in [-0.1, -0.05) is 35.3 Å². The third-order valence-corrected chi connectivity index (χ3v) is 5.64. The first-order chi connectivity index (χ1) is 15.7. The Balaban J connectivity index is 2.03. The summed E-state index contributed by atoms with van der Waals surface area (Å²) in [5.74, 6) is -0.309. The van der Waals surface area contributed by atoms with Gasteiger partial charge in [0, 0.05) is 5.02 Å². The average molecular weight is 487 g/mol. The highest BCUT2D eigenvalue weighted by Gasteiger charge is 2.28. The first kappa shape index (κ1) is 24.2. The van der Waals surface area contributed by atoms with Crippen molar-refractivity contribution in [1.29, 1.82) is 5.26 Å². The van der Waals surface area contributed by atoms with Crippen LogP contribution in [0.5, 0.6) is 17.4 Å². The van der Waals surface area contributed by atoms with Crippen LogP contribution in [-0.4, -0.2) is 28.7 Å². The van der Waals surface area contributed by atoms with Crippen molar-refractivity contribution >= 4 is 29.0 Å². The number of benzene rings is 2. The Kier molecular flexibility index (Phi) is 7.32. The van der Waals surface area contributed by atoms with Crippen LogP contribution in [-0.2, 0) is 6.54 Å². The Labute approximate surface area is 200 Å². The summed E-state index contributed by atoms with van der Waals surface area (Å²) in [4.78, 5) is 26.1. The molecule has 1 heterocycles. The maximum absolute atomic E-state index is 13.2. The van der Waals surface area contributed by atoms with E-state index in [0.29, 0.717) is 16.3 Å². The second kappa shape index (κ2) is 9.99. The predicted molar refractivity (Wildman–Crippen MR) is 125 cm³/mol. The first-order valence-corrected chi connectivity index (χ1v) is 10.6. The number of methoxy groups -OCH3 is 1. The lowest BCUT2D eigenvalue weighted by Gasteiger charge is -2.19. The van der Waals surface area contributed by atoms with E-state index in [9.17, 15) is 20.0 Å². The van der Waals surface area contributed by atoms with Crippen molar-refractivity contribution in [3.63, 3.8) is 0 Å². The fourth-order valence-corrected chi connectivity index (χ4v) is 3.78. The van der Waals surface area contributed by atoms with E-state index >= 15 is 0 Å². The molecular formula is C24H20Cl2N2O5. The molecule has 9 heteroatoms. The number of ketones is 1. The summed E-state index contributed by atoms with van der Waals surface area (Å²) in [5.41, 5.74) is -0.363. The summed E-state index contributed by atoms with van der Waals surface area (Å²) in [7, 11) is 1.53. The highest BCUT2D eigenvalue weighted by atomic mass is 35.5. The number of rotatable bonds is 7. The van der Waals surface area contributed by atoms with E-state index < -0.39 is 23.3 Å². The van der Waals surface area contributed by atoms with Crippen LogP contribution in [0.3, 0.4) is 0 Å². The molecule has 0 saturated heterocycles. The largest absolute Gasteiger partial charge is 0.497 e. The molecule has 0 saturated carbocycles. The molecule has 1 atom stereocenters. The minimum absolute atomic E-state index is 0.0534. The molecule has 0 radical (unpaired) electrons. The van der Waals surface area contributed by atoms with Gasteiger partial charge in [0.15, 0.2) is 6.10 Å².